The Morgan fingerprint density at radius 2 is 0.843 bits per heavy atom. The van der Waals surface area contributed by atoms with Gasteiger partial charge in [-0.15, -0.1) is 0 Å². The van der Waals surface area contributed by atoms with Gasteiger partial charge in [0.1, 0.15) is 16.7 Å². The molecule has 2 heterocycles. The Kier molecular flexibility index (Phi) is 6.81. The van der Waals surface area contributed by atoms with E-state index in [9.17, 15) is 0 Å². The first-order valence-electron chi connectivity index (χ1n) is 17.3. The number of hydrogen-bond donors (Lipinski definition) is 0. The van der Waals surface area contributed by atoms with Crippen molar-refractivity contribution >= 4 is 60.9 Å². The van der Waals surface area contributed by atoms with Crippen molar-refractivity contribution in [2.75, 3.05) is 4.90 Å². The zero-order valence-electron chi connectivity index (χ0n) is 27.7. The summed E-state index contributed by atoms with van der Waals surface area (Å²) >= 11 is 0. The lowest BCUT2D eigenvalue weighted by molar-refractivity contribution is 0.669. The van der Waals surface area contributed by atoms with Crippen molar-refractivity contribution < 1.29 is 8.83 Å². The summed E-state index contributed by atoms with van der Waals surface area (Å²) in [7, 11) is 0. The van der Waals surface area contributed by atoms with Crippen LogP contribution in [-0.2, 0) is 0 Å². The highest BCUT2D eigenvalue weighted by Crippen LogP contribution is 2.46. The van der Waals surface area contributed by atoms with Crippen LogP contribution in [0.25, 0.3) is 77.3 Å². The number of benzene rings is 8. The second-order valence-corrected chi connectivity index (χ2v) is 12.9. The van der Waals surface area contributed by atoms with Gasteiger partial charge in [-0.25, -0.2) is 0 Å². The molecular formula is C48H31NO2. The van der Waals surface area contributed by atoms with Gasteiger partial charge in [-0.1, -0.05) is 146 Å². The minimum absolute atomic E-state index is 0.850. The second-order valence-electron chi connectivity index (χ2n) is 12.9. The highest BCUT2D eigenvalue weighted by Gasteiger charge is 2.22. The molecule has 0 bridgehead atoms. The fourth-order valence-corrected chi connectivity index (χ4v) is 7.49. The summed E-state index contributed by atoms with van der Waals surface area (Å²) in [6, 6.07) is 66.1. The molecule has 0 aliphatic heterocycles. The number of fused-ring (bicyclic) bond motifs is 6. The fourth-order valence-electron chi connectivity index (χ4n) is 7.49. The van der Waals surface area contributed by atoms with Gasteiger partial charge in [0.25, 0.3) is 0 Å². The van der Waals surface area contributed by atoms with Crippen LogP contribution in [0.3, 0.4) is 0 Å². The largest absolute Gasteiger partial charge is 0.455 e. The number of hydrogen-bond acceptors (Lipinski definition) is 3. The average Bonchev–Trinajstić information content (AvgIpc) is 3.78. The van der Waals surface area contributed by atoms with Crippen molar-refractivity contribution in [2.45, 2.75) is 0 Å². The minimum atomic E-state index is 0.850. The fraction of sp³-hybridized carbons (Fsp3) is 0. The zero-order valence-corrected chi connectivity index (χ0v) is 27.7. The van der Waals surface area contributed by atoms with Gasteiger partial charge in [0.2, 0.25) is 0 Å². The third kappa shape index (κ3) is 4.90. The topological polar surface area (TPSA) is 29.5 Å². The van der Waals surface area contributed by atoms with E-state index in [0.717, 1.165) is 83.2 Å². The van der Waals surface area contributed by atoms with Crippen molar-refractivity contribution in [1.82, 2.24) is 0 Å². The second kappa shape index (κ2) is 11.9. The molecule has 0 fully saturated rings. The van der Waals surface area contributed by atoms with Crippen LogP contribution in [0.2, 0.25) is 0 Å². The molecule has 10 aromatic rings. The van der Waals surface area contributed by atoms with E-state index >= 15 is 0 Å². The molecule has 3 nitrogen and oxygen atoms in total. The van der Waals surface area contributed by atoms with E-state index in [1.165, 1.54) is 11.1 Å². The molecule has 2 aromatic heterocycles. The van der Waals surface area contributed by atoms with E-state index in [-0.39, 0.29) is 0 Å². The molecular weight excluding hydrogens is 623 g/mol. The van der Waals surface area contributed by atoms with Crippen molar-refractivity contribution in [2.24, 2.45) is 0 Å². The maximum Gasteiger partial charge on any atom is 0.159 e. The number of anilines is 3. The molecule has 0 saturated heterocycles. The van der Waals surface area contributed by atoms with Crippen LogP contribution in [0.1, 0.15) is 0 Å². The Bertz CT molecular complexity index is 2850. The molecule has 51 heavy (non-hydrogen) atoms. The van der Waals surface area contributed by atoms with Gasteiger partial charge in [-0.3, -0.25) is 0 Å². The molecule has 0 N–H and O–H groups in total. The molecule has 10 rings (SSSR count). The summed E-state index contributed by atoms with van der Waals surface area (Å²) in [4.78, 5) is 2.32. The van der Waals surface area contributed by atoms with Gasteiger partial charge >= 0.3 is 0 Å². The lowest BCUT2D eigenvalue weighted by Gasteiger charge is -2.27. The maximum absolute atomic E-state index is 6.63. The Morgan fingerprint density at radius 3 is 1.55 bits per heavy atom. The lowest BCUT2D eigenvalue weighted by Crippen LogP contribution is -2.10. The lowest BCUT2D eigenvalue weighted by atomic mass is 9.92. The van der Waals surface area contributed by atoms with E-state index in [0.29, 0.717) is 0 Å². The van der Waals surface area contributed by atoms with Gasteiger partial charge in [0.05, 0.1) is 5.69 Å². The molecule has 0 atom stereocenters. The molecule has 0 aliphatic rings. The summed E-state index contributed by atoms with van der Waals surface area (Å²) in [6.45, 7) is 0. The third-order valence-corrected chi connectivity index (χ3v) is 9.90. The predicted molar refractivity (Wildman–Crippen MR) is 212 cm³/mol. The Morgan fingerprint density at radius 1 is 0.314 bits per heavy atom. The van der Waals surface area contributed by atoms with Gasteiger partial charge in [0.15, 0.2) is 5.58 Å². The van der Waals surface area contributed by atoms with Crippen LogP contribution >= 0.6 is 0 Å². The van der Waals surface area contributed by atoms with Crippen molar-refractivity contribution in [3.8, 4) is 33.4 Å². The van der Waals surface area contributed by atoms with Crippen LogP contribution in [0.4, 0.5) is 17.1 Å². The summed E-state index contributed by atoms with van der Waals surface area (Å²) in [5.74, 6) is 0. The molecule has 0 spiro atoms. The SMILES string of the molecule is c1ccc(-c2ccc(N(c3ccc(-c4cccc5c4oc4ccccc45)c(-c4ccccc4)c3)c3cccc4c3oc3ccccc34)cc2)cc1. The normalized spacial score (nSPS) is 11.5. The molecule has 0 radical (unpaired) electrons. The van der Waals surface area contributed by atoms with Crippen LogP contribution < -0.4 is 4.90 Å². The van der Waals surface area contributed by atoms with Crippen LogP contribution in [0.15, 0.2) is 197 Å². The van der Waals surface area contributed by atoms with Crippen molar-refractivity contribution in [3.05, 3.63) is 188 Å². The van der Waals surface area contributed by atoms with E-state index in [4.69, 9.17) is 8.83 Å². The van der Waals surface area contributed by atoms with Gasteiger partial charge in [-0.05, 0) is 70.3 Å². The van der Waals surface area contributed by atoms with Gasteiger partial charge < -0.3 is 13.7 Å². The Balaban J connectivity index is 1.21. The van der Waals surface area contributed by atoms with E-state index < -0.39 is 0 Å². The van der Waals surface area contributed by atoms with Crippen LogP contribution in [-0.4, -0.2) is 0 Å². The Labute approximate surface area is 295 Å². The number of rotatable bonds is 6. The molecule has 240 valence electrons. The summed E-state index contributed by atoms with van der Waals surface area (Å²) in [5.41, 5.74) is 13.3. The maximum atomic E-state index is 6.63. The van der Waals surface area contributed by atoms with Gasteiger partial charge in [-0.2, -0.15) is 0 Å². The smallest absolute Gasteiger partial charge is 0.159 e. The van der Waals surface area contributed by atoms with Crippen molar-refractivity contribution in [1.29, 1.82) is 0 Å². The molecule has 0 amide bonds. The standard InChI is InChI=1S/C48H31NO2/c1-3-13-32(14-4-1)33-25-27-35(28-26-33)49(44-22-12-21-42-39-18-8-10-24-46(39)51-48(42)44)36-29-30-37(43(31-36)34-15-5-2-6-16-34)40-19-11-20-41-38-17-7-9-23-45(38)50-47(40)41/h1-31H. The van der Waals surface area contributed by atoms with E-state index in [2.05, 4.69) is 169 Å². The molecule has 8 aromatic carbocycles. The molecule has 0 aliphatic carbocycles. The summed E-state index contributed by atoms with van der Waals surface area (Å²) in [6.07, 6.45) is 0. The predicted octanol–water partition coefficient (Wildman–Crippen LogP) is 14.0. The van der Waals surface area contributed by atoms with E-state index in [1.807, 2.05) is 24.3 Å². The van der Waals surface area contributed by atoms with Gasteiger partial charge in [0, 0.05) is 38.5 Å². The minimum Gasteiger partial charge on any atom is -0.455 e. The first kappa shape index (κ1) is 29.1. The Hall–Kier alpha value is -6.84. The number of furan rings is 2. The first-order valence-corrected chi connectivity index (χ1v) is 17.3. The first-order chi connectivity index (χ1) is 25.3. The van der Waals surface area contributed by atoms with E-state index in [1.54, 1.807) is 0 Å². The van der Waals surface area contributed by atoms with Crippen LogP contribution in [0.5, 0.6) is 0 Å². The average molecular weight is 654 g/mol. The third-order valence-electron chi connectivity index (χ3n) is 9.90. The number of nitrogens with zero attached hydrogens (tertiary/aromatic N) is 1. The highest BCUT2D eigenvalue weighted by atomic mass is 16.3. The zero-order chi connectivity index (χ0) is 33.7. The summed E-state index contributed by atoms with van der Waals surface area (Å²) < 4.78 is 13.2. The quantitative estimate of drug-likeness (QED) is 0.179. The highest BCUT2D eigenvalue weighted by molar-refractivity contribution is 6.12. The summed E-state index contributed by atoms with van der Waals surface area (Å²) in [5, 5.41) is 4.43. The molecule has 0 unspecified atom stereocenters. The van der Waals surface area contributed by atoms with Crippen molar-refractivity contribution in [3.63, 3.8) is 0 Å². The monoisotopic (exact) mass is 653 g/mol. The number of para-hydroxylation sites is 4. The molecule has 3 heteroatoms. The van der Waals surface area contributed by atoms with Crippen LogP contribution in [0, 0.1) is 0 Å². The molecule has 0 saturated carbocycles.